The zero-order valence-electron chi connectivity index (χ0n) is 12.2. The first-order chi connectivity index (χ1) is 11.4. The van der Waals surface area contributed by atoms with Crippen molar-refractivity contribution in [1.82, 2.24) is 0 Å². The normalized spacial score (nSPS) is 10.1. The molecule has 0 aliphatic carbocycles. The summed E-state index contributed by atoms with van der Waals surface area (Å²) in [6, 6.07) is 9.02. The third kappa shape index (κ3) is 5.62. The number of ether oxygens (including phenoxy) is 2. The van der Waals surface area contributed by atoms with Crippen LogP contribution in [0.2, 0.25) is 0 Å². The highest BCUT2D eigenvalue weighted by atomic mass is 79.9. The molecule has 0 bridgehead atoms. The molecule has 0 radical (unpaired) electrons. The van der Waals surface area contributed by atoms with Gasteiger partial charge in [-0.25, -0.2) is 13.6 Å². The Bertz CT molecular complexity index is 755. The lowest BCUT2D eigenvalue weighted by molar-refractivity contribution is -0.149. The predicted molar refractivity (Wildman–Crippen MR) is 85.6 cm³/mol. The maximum atomic E-state index is 13.0. The minimum atomic E-state index is -0.777. The van der Waals surface area contributed by atoms with Crippen LogP contribution in [-0.2, 0) is 14.3 Å². The van der Waals surface area contributed by atoms with Crippen LogP contribution in [0, 0.1) is 11.6 Å². The Morgan fingerprint density at radius 2 is 1.79 bits per heavy atom. The Kier molecular flexibility index (Phi) is 6.25. The van der Waals surface area contributed by atoms with Crippen LogP contribution in [-0.4, -0.2) is 25.1 Å². The molecule has 2 rings (SSSR count). The summed E-state index contributed by atoms with van der Waals surface area (Å²) >= 11 is 3.09. The van der Waals surface area contributed by atoms with E-state index in [0.29, 0.717) is 4.47 Å². The first-order valence-electron chi connectivity index (χ1n) is 6.73. The molecule has 1 amide bonds. The van der Waals surface area contributed by atoms with E-state index >= 15 is 0 Å². The van der Waals surface area contributed by atoms with Crippen molar-refractivity contribution in [1.29, 1.82) is 0 Å². The van der Waals surface area contributed by atoms with E-state index in [9.17, 15) is 18.4 Å². The number of benzene rings is 2. The Morgan fingerprint density at radius 1 is 1.04 bits per heavy atom. The zero-order chi connectivity index (χ0) is 17.5. The quantitative estimate of drug-likeness (QED) is 0.756. The average molecular weight is 400 g/mol. The molecular formula is C16H12BrF2NO4. The Hall–Kier alpha value is -2.48. The molecule has 0 aliphatic heterocycles. The van der Waals surface area contributed by atoms with Crippen LogP contribution in [0.5, 0.6) is 5.75 Å². The number of nitrogens with one attached hydrogen (secondary N) is 1. The van der Waals surface area contributed by atoms with E-state index in [-0.39, 0.29) is 11.4 Å². The second-order valence-corrected chi connectivity index (χ2v) is 5.44. The second-order valence-electron chi connectivity index (χ2n) is 4.58. The number of esters is 1. The van der Waals surface area contributed by atoms with Crippen molar-refractivity contribution in [2.24, 2.45) is 0 Å². The molecule has 126 valence electrons. The molecule has 2 aromatic carbocycles. The summed E-state index contributed by atoms with van der Waals surface area (Å²) in [4.78, 5) is 23.1. The van der Waals surface area contributed by atoms with Gasteiger partial charge in [-0.1, -0.05) is 6.07 Å². The van der Waals surface area contributed by atoms with Crippen molar-refractivity contribution in [3.63, 3.8) is 0 Å². The SMILES string of the molecule is O=C(COC(=O)COc1ccc(F)cc1Br)Nc1cccc(F)c1. The average Bonchev–Trinajstić information content (AvgIpc) is 2.52. The highest BCUT2D eigenvalue weighted by molar-refractivity contribution is 9.10. The number of hydrogen-bond acceptors (Lipinski definition) is 4. The second kappa shape index (κ2) is 8.39. The lowest BCUT2D eigenvalue weighted by Gasteiger charge is -2.09. The van der Waals surface area contributed by atoms with Gasteiger partial charge in [0.1, 0.15) is 17.4 Å². The van der Waals surface area contributed by atoms with Gasteiger partial charge in [0.15, 0.2) is 13.2 Å². The van der Waals surface area contributed by atoms with E-state index in [0.717, 1.165) is 6.07 Å². The summed E-state index contributed by atoms with van der Waals surface area (Å²) in [6.07, 6.45) is 0. The van der Waals surface area contributed by atoms with Gasteiger partial charge in [0.2, 0.25) is 0 Å². The van der Waals surface area contributed by atoms with Crippen LogP contribution in [0.25, 0.3) is 0 Å². The van der Waals surface area contributed by atoms with Gasteiger partial charge in [0, 0.05) is 5.69 Å². The molecule has 8 heteroatoms. The van der Waals surface area contributed by atoms with E-state index in [1.54, 1.807) is 0 Å². The number of carbonyl (C=O) groups excluding carboxylic acids is 2. The molecule has 0 saturated heterocycles. The Labute approximate surface area is 144 Å². The molecule has 0 atom stereocenters. The van der Waals surface area contributed by atoms with E-state index < -0.39 is 36.7 Å². The van der Waals surface area contributed by atoms with Gasteiger partial charge in [0.05, 0.1) is 4.47 Å². The molecule has 0 aliphatic rings. The van der Waals surface area contributed by atoms with Crippen molar-refractivity contribution in [3.8, 4) is 5.75 Å². The van der Waals surface area contributed by atoms with Crippen LogP contribution in [0.3, 0.4) is 0 Å². The third-order valence-electron chi connectivity index (χ3n) is 2.71. The van der Waals surface area contributed by atoms with Crippen LogP contribution in [0.4, 0.5) is 14.5 Å². The van der Waals surface area contributed by atoms with Crippen molar-refractivity contribution in [3.05, 3.63) is 58.6 Å². The summed E-state index contributed by atoms with van der Waals surface area (Å²) in [7, 11) is 0. The van der Waals surface area contributed by atoms with Crippen LogP contribution < -0.4 is 10.1 Å². The van der Waals surface area contributed by atoms with Gasteiger partial charge in [-0.15, -0.1) is 0 Å². The maximum Gasteiger partial charge on any atom is 0.344 e. The molecule has 2 aromatic rings. The van der Waals surface area contributed by atoms with Gasteiger partial charge >= 0.3 is 5.97 Å². The molecule has 0 aromatic heterocycles. The lowest BCUT2D eigenvalue weighted by Crippen LogP contribution is -2.23. The van der Waals surface area contributed by atoms with Crippen LogP contribution in [0.1, 0.15) is 0 Å². The molecule has 0 fully saturated rings. The first kappa shape index (κ1) is 17.9. The third-order valence-corrected chi connectivity index (χ3v) is 3.33. The van der Waals surface area contributed by atoms with Gasteiger partial charge in [-0.2, -0.15) is 0 Å². The molecule has 0 unspecified atom stereocenters. The first-order valence-corrected chi connectivity index (χ1v) is 7.52. The zero-order valence-corrected chi connectivity index (χ0v) is 13.8. The highest BCUT2D eigenvalue weighted by Gasteiger charge is 2.10. The fourth-order valence-corrected chi connectivity index (χ4v) is 2.15. The number of anilines is 1. The van der Waals surface area contributed by atoms with E-state index in [4.69, 9.17) is 9.47 Å². The summed E-state index contributed by atoms with van der Waals surface area (Å²) < 4.78 is 36.1. The van der Waals surface area contributed by atoms with Crippen molar-refractivity contribution in [2.75, 3.05) is 18.5 Å². The van der Waals surface area contributed by atoms with Gasteiger partial charge in [-0.3, -0.25) is 4.79 Å². The summed E-state index contributed by atoms with van der Waals surface area (Å²) in [5.74, 6) is -2.08. The number of rotatable bonds is 6. The predicted octanol–water partition coefficient (Wildman–Crippen LogP) is 3.29. The molecule has 5 nitrogen and oxygen atoms in total. The molecule has 0 heterocycles. The Morgan fingerprint density at radius 3 is 2.50 bits per heavy atom. The number of carbonyl (C=O) groups is 2. The fourth-order valence-electron chi connectivity index (χ4n) is 1.68. The van der Waals surface area contributed by atoms with E-state index in [2.05, 4.69) is 21.2 Å². The molecule has 0 spiro atoms. The van der Waals surface area contributed by atoms with Crippen molar-refractivity contribution >= 4 is 33.5 Å². The van der Waals surface area contributed by atoms with E-state index in [1.807, 2.05) is 0 Å². The van der Waals surface area contributed by atoms with Gasteiger partial charge in [-0.05, 0) is 52.3 Å². The Balaban J connectivity index is 1.75. The minimum absolute atomic E-state index is 0.252. The van der Waals surface area contributed by atoms with Crippen LogP contribution in [0.15, 0.2) is 46.9 Å². The minimum Gasteiger partial charge on any atom is -0.481 e. The fraction of sp³-hybridized carbons (Fsp3) is 0.125. The number of amides is 1. The summed E-state index contributed by atoms with van der Waals surface area (Å²) in [5.41, 5.74) is 0.252. The standard InChI is InChI=1S/C16H12BrF2NO4/c17-13-7-11(19)4-5-14(13)23-9-16(22)24-8-15(21)20-12-3-1-2-10(18)6-12/h1-7H,8-9H2,(H,20,21). The van der Waals surface area contributed by atoms with E-state index in [1.165, 1.54) is 36.4 Å². The lowest BCUT2D eigenvalue weighted by atomic mass is 10.3. The summed E-state index contributed by atoms with van der Waals surface area (Å²) in [6.45, 7) is -0.985. The van der Waals surface area contributed by atoms with Crippen LogP contribution >= 0.6 is 15.9 Å². The summed E-state index contributed by atoms with van der Waals surface area (Å²) in [5, 5.41) is 2.38. The van der Waals surface area contributed by atoms with Gasteiger partial charge in [0.25, 0.3) is 5.91 Å². The molecular weight excluding hydrogens is 388 g/mol. The monoisotopic (exact) mass is 399 g/mol. The molecule has 0 saturated carbocycles. The van der Waals surface area contributed by atoms with Crippen molar-refractivity contribution in [2.45, 2.75) is 0 Å². The molecule has 1 N–H and O–H groups in total. The topological polar surface area (TPSA) is 64.6 Å². The maximum absolute atomic E-state index is 13.0. The van der Waals surface area contributed by atoms with Crippen molar-refractivity contribution < 1.29 is 27.8 Å². The largest absolute Gasteiger partial charge is 0.481 e. The molecule has 24 heavy (non-hydrogen) atoms. The van der Waals surface area contributed by atoms with Gasteiger partial charge < -0.3 is 14.8 Å². The highest BCUT2D eigenvalue weighted by Crippen LogP contribution is 2.25. The smallest absolute Gasteiger partial charge is 0.344 e. The number of hydrogen-bond donors (Lipinski definition) is 1. The number of halogens is 3.